The van der Waals surface area contributed by atoms with Gasteiger partial charge < -0.3 is 15.8 Å². The van der Waals surface area contributed by atoms with Crippen LogP contribution in [0.1, 0.15) is 23.5 Å². The Balaban J connectivity index is 1.65. The predicted octanol–water partition coefficient (Wildman–Crippen LogP) is 1.05. The Bertz CT molecular complexity index is 329. The summed E-state index contributed by atoms with van der Waals surface area (Å²) >= 11 is 1.69. The maximum atomic E-state index is 5.75. The Hall–Kier alpha value is -0.490. The summed E-state index contributed by atoms with van der Waals surface area (Å²) in [5.41, 5.74) is 6.69. The minimum Gasteiger partial charge on any atom is -0.372 e. The van der Waals surface area contributed by atoms with E-state index in [1.165, 1.54) is 0 Å². The van der Waals surface area contributed by atoms with E-state index in [1.54, 1.807) is 11.3 Å². The molecule has 2 atom stereocenters. The van der Waals surface area contributed by atoms with Crippen LogP contribution in [0.3, 0.4) is 0 Å². The predicted molar refractivity (Wildman–Crippen MR) is 65.5 cm³/mol. The molecule has 1 aliphatic heterocycles. The minimum absolute atomic E-state index is 0.272. The molecule has 90 valence electrons. The molecule has 16 heavy (non-hydrogen) atoms. The molecule has 2 unspecified atom stereocenters. The van der Waals surface area contributed by atoms with E-state index in [0.717, 1.165) is 36.6 Å². The summed E-state index contributed by atoms with van der Waals surface area (Å²) in [6, 6.07) is 0. The number of hydrogen-bond donors (Lipinski definition) is 2. The highest BCUT2D eigenvalue weighted by molar-refractivity contribution is 7.09. The number of thiazole rings is 1. The Labute approximate surface area is 100 Å². The van der Waals surface area contributed by atoms with Gasteiger partial charge in [0.2, 0.25) is 0 Å². The Morgan fingerprint density at radius 1 is 1.56 bits per heavy atom. The van der Waals surface area contributed by atoms with Crippen LogP contribution < -0.4 is 11.1 Å². The maximum absolute atomic E-state index is 5.75. The molecule has 1 aromatic heterocycles. The summed E-state index contributed by atoms with van der Waals surface area (Å²) in [6.07, 6.45) is 2.81. The number of ether oxygens (including phenoxy) is 1. The van der Waals surface area contributed by atoms with E-state index < -0.39 is 0 Å². The molecule has 3 N–H and O–H groups in total. The monoisotopic (exact) mass is 241 g/mol. The average Bonchev–Trinajstić information content (AvgIpc) is 2.88. The largest absolute Gasteiger partial charge is 0.372 e. The van der Waals surface area contributed by atoms with Crippen LogP contribution in [0.15, 0.2) is 5.38 Å². The zero-order chi connectivity index (χ0) is 11.4. The Morgan fingerprint density at radius 3 is 3.00 bits per heavy atom. The smallest absolute Gasteiger partial charge is 0.0897 e. The van der Waals surface area contributed by atoms with Crippen molar-refractivity contribution < 1.29 is 4.74 Å². The van der Waals surface area contributed by atoms with Gasteiger partial charge in [0.1, 0.15) is 0 Å². The van der Waals surface area contributed by atoms with Gasteiger partial charge in [-0.25, -0.2) is 4.98 Å². The first-order valence-electron chi connectivity index (χ1n) is 5.75. The Morgan fingerprint density at radius 2 is 2.38 bits per heavy atom. The molecule has 4 nitrogen and oxygen atoms in total. The van der Waals surface area contributed by atoms with E-state index in [-0.39, 0.29) is 6.10 Å². The highest BCUT2D eigenvalue weighted by atomic mass is 32.1. The number of hydrogen-bond acceptors (Lipinski definition) is 5. The lowest BCUT2D eigenvalue weighted by molar-refractivity contribution is 0.0503. The summed E-state index contributed by atoms with van der Waals surface area (Å²) in [7, 11) is 0. The number of nitrogens with zero attached hydrogens (tertiary/aromatic N) is 1. The standard InChI is InChI=1S/C11H19N3OS/c1-8-14-9(7-16-8)5-13-6-11-3-2-10(4-12)15-11/h7,10-11,13H,2-6,12H2,1H3. The number of nitrogens with two attached hydrogens (primary N) is 1. The van der Waals surface area contributed by atoms with E-state index in [9.17, 15) is 0 Å². The van der Waals surface area contributed by atoms with Crippen LogP contribution in [-0.4, -0.2) is 30.3 Å². The lowest BCUT2D eigenvalue weighted by atomic mass is 10.2. The van der Waals surface area contributed by atoms with E-state index in [2.05, 4.69) is 15.7 Å². The summed E-state index contributed by atoms with van der Waals surface area (Å²) in [6.45, 7) is 4.40. The zero-order valence-electron chi connectivity index (χ0n) is 9.61. The molecule has 1 aromatic rings. The minimum atomic E-state index is 0.272. The van der Waals surface area contributed by atoms with Crippen molar-refractivity contribution >= 4 is 11.3 Å². The van der Waals surface area contributed by atoms with Crippen LogP contribution in [0.2, 0.25) is 0 Å². The second-order valence-electron chi connectivity index (χ2n) is 4.18. The van der Waals surface area contributed by atoms with Gasteiger partial charge in [0.25, 0.3) is 0 Å². The van der Waals surface area contributed by atoms with Gasteiger partial charge in [0.05, 0.1) is 22.9 Å². The van der Waals surface area contributed by atoms with Crippen molar-refractivity contribution in [1.29, 1.82) is 0 Å². The molecule has 0 spiro atoms. The lowest BCUT2D eigenvalue weighted by Crippen LogP contribution is -2.28. The highest BCUT2D eigenvalue weighted by Gasteiger charge is 2.23. The molecule has 0 saturated carbocycles. The van der Waals surface area contributed by atoms with E-state index >= 15 is 0 Å². The normalized spacial score (nSPS) is 25.1. The molecule has 0 radical (unpaired) electrons. The van der Waals surface area contributed by atoms with Crippen molar-refractivity contribution in [2.45, 2.75) is 38.5 Å². The summed E-state index contributed by atoms with van der Waals surface area (Å²) < 4.78 is 5.75. The van der Waals surface area contributed by atoms with Crippen LogP contribution in [-0.2, 0) is 11.3 Å². The molecule has 0 amide bonds. The van der Waals surface area contributed by atoms with Crippen molar-refractivity contribution in [2.75, 3.05) is 13.1 Å². The third-order valence-electron chi connectivity index (χ3n) is 2.80. The van der Waals surface area contributed by atoms with Gasteiger partial charge in [0.15, 0.2) is 0 Å². The topological polar surface area (TPSA) is 60.2 Å². The first-order chi connectivity index (χ1) is 7.78. The molecule has 1 saturated heterocycles. The first-order valence-corrected chi connectivity index (χ1v) is 6.63. The molecule has 0 aromatic carbocycles. The van der Waals surface area contributed by atoms with Gasteiger partial charge in [-0.2, -0.15) is 0 Å². The van der Waals surface area contributed by atoms with Gasteiger partial charge in [-0.15, -0.1) is 11.3 Å². The molecule has 0 aliphatic carbocycles. The molecule has 0 bridgehead atoms. The van der Waals surface area contributed by atoms with Crippen molar-refractivity contribution in [2.24, 2.45) is 5.73 Å². The summed E-state index contributed by atoms with van der Waals surface area (Å²) in [4.78, 5) is 4.40. The third-order valence-corrected chi connectivity index (χ3v) is 3.63. The SMILES string of the molecule is Cc1nc(CNCC2CCC(CN)O2)cs1. The molecule has 2 heterocycles. The lowest BCUT2D eigenvalue weighted by Gasteiger charge is -2.12. The van der Waals surface area contributed by atoms with Crippen LogP contribution >= 0.6 is 11.3 Å². The fourth-order valence-electron chi connectivity index (χ4n) is 1.95. The maximum Gasteiger partial charge on any atom is 0.0897 e. The van der Waals surface area contributed by atoms with E-state index in [4.69, 9.17) is 10.5 Å². The fraction of sp³-hybridized carbons (Fsp3) is 0.727. The van der Waals surface area contributed by atoms with Crippen LogP contribution in [0.5, 0.6) is 0 Å². The van der Waals surface area contributed by atoms with Gasteiger partial charge in [0, 0.05) is 25.0 Å². The molecule has 1 fully saturated rings. The van der Waals surface area contributed by atoms with E-state index in [1.807, 2.05) is 6.92 Å². The van der Waals surface area contributed by atoms with Gasteiger partial charge in [-0.3, -0.25) is 0 Å². The quantitative estimate of drug-likeness (QED) is 0.809. The number of rotatable bonds is 5. The first kappa shape index (κ1) is 12.0. The van der Waals surface area contributed by atoms with Crippen LogP contribution in [0.4, 0.5) is 0 Å². The van der Waals surface area contributed by atoms with Crippen LogP contribution in [0, 0.1) is 6.92 Å². The van der Waals surface area contributed by atoms with Crippen LogP contribution in [0.25, 0.3) is 0 Å². The molecule has 5 heteroatoms. The molecular weight excluding hydrogens is 222 g/mol. The zero-order valence-corrected chi connectivity index (χ0v) is 10.4. The third kappa shape index (κ3) is 3.25. The molecular formula is C11H19N3OS. The van der Waals surface area contributed by atoms with Gasteiger partial charge in [-0.1, -0.05) is 0 Å². The molecule has 1 aliphatic rings. The fourth-order valence-corrected chi connectivity index (χ4v) is 2.57. The van der Waals surface area contributed by atoms with E-state index in [0.29, 0.717) is 12.6 Å². The second kappa shape index (κ2) is 5.72. The number of nitrogens with one attached hydrogen (secondary N) is 1. The van der Waals surface area contributed by atoms with Crippen molar-refractivity contribution in [3.63, 3.8) is 0 Å². The van der Waals surface area contributed by atoms with Crippen molar-refractivity contribution in [1.82, 2.24) is 10.3 Å². The molecule has 2 rings (SSSR count). The van der Waals surface area contributed by atoms with Gasteiger partial charge in [-0.05, 0) is 19.8 Å². The van der Waals surface area contributed by atoms with Gasteiger partial charge >= 0.3 is 0 Å². The number of aromatic nitrogens is 1. The van der Waals surface area contributed by atoms with Crippen molar-refractivity contribution in [3.05, 3.63) is 16.1 Å². The second-order valence-corrected chi connectivity index (χ2v) is 5.24. The number of aryl methyl sites for hydroxylation is 1. The summed E-state index contributed by atoms with van der Waals surface area (Å²) in [5, 5.41) is 6.60. The Kier molecular flexibility index (Phi) is 4.29. The summed E-state index contributed by atoms with van der Waals surface area (Å²) in [5.74, 6) is 0. The highest BCUT2D eigenvalue weighted by Crippen LogP contribution is 2.18. The average molecular weight is 241 g/mol. The van der Waals surface area contributed by atoms with Crippen molar-refractivity contribution in [3.8, 4) is 0 Å².